The second-order valence-electron chi connectivity index (χ2n) is 2.98. The molecule has 4 heteroatoms. The van der Waals surface area contributed by atoms with Crippen molar-refractivity contribution in [3.63, 3.8) is 0 Å². The van der Waals surface area contributed by atoms with Gasteiger partial charge in [0.25, 0.3) is 0 Å². The highest BCUT2D eigenvalue weighted by Gasteiger charge is 2.30. The molecule has 0 radical (unpaired) electrons. The van der Waals surface area contributed by atoms with Crippen LogP contribution in [0.1, 0.15) is 19.3 Å². The van der Waals surface area contributed by atoms with Gasteiger partial charge in [0, 0.05) is 11.6 Å². The minimum Gasteiger partial charge on any atom is -0.244 e. The molecule has 0 aromatic rings. The summed E-state index contributed by atoms with van der Waals surface area (Å²) >= 11 is 1.57. The third kappa shape index (κ3) is 1.20. The van der Waals surface area contributed by atoms with E-state index in [-0.39, 0.29) is 6.03 Å². The third-order valence-corrected chi connectivity index (χ3v) is 3.07. The first-order valence-electron chi connectivity index (χ1n) is 4.05. The molecule has 1 fully saturated rings. The average Bonchev–Trinajstić information content (AvgIpc) is 2.50. The zero-order valence-electron chi connectivity index (χ0n) is 6.91. The average molecular weight is 182 g/mol. The smallest absolute Gasteiger partial charge is 0.244 e. The summed E-state index contributed by atoms with van der Waals surface area (Å²) in [6.07, 6.45) is 5.21. The van der Waals surface area contributed by atoms with E-state index < -0.39 is 0 Å². The van der Waals surface area contributed by atoms with Crippen molar-refractivity contribution in [1.29, 1.82) is 0 Å². The zero-order chi connectivity index (χ0) is 8.55. The molecule has 1 aliphatic carbocycles. The maximum Gasteiger partial charge on any atom is 0.367 e. The molecule has 12 heavy (non-hydrogen) atoms. The molecule has 0 saturated heterocycles. The molecule has 0 N–H and O–H groups in total. The molecule has 0 bridgehead atoms. The lowest BCUT2D eigenvalue weighted by atomic mass is 10.1. The molecule has 1 unspecified atom stereocenters. The number of hydrogen-bond acceptors (Lipinski definition) is 2. The van der Waals surface area contributed by atoms with Crippen LogP contribution in [0.5, 0.6) is 0 Å². The van der Waals surface area contributed by atoms with E-state index in [0.29, 0.717) is 5.92 Å². The summed E-state index contributed by atoms with van der Waals surface area (Å²) in [4.78, 5) is 18.8. The number of amides is 2. The topological polar surface area (TPSA) is 41.8 Å². The van der Waals surface area contributed by atoms with Crippen molar-refractivity contribution in [2.24, 2.45) is 15.9 Å². The normalized spacial score (nSPS) is 28.1. The Morgan fingerprint density at radius 1 is 1.50 bits per heavy atom. The fourth-order valence-corrected chi connectivity index (χ4v) is 2.44. The number of thioether (sulfide) groups is 1. The van der Waals surface area contributed by atoms with Crippen molar-refractivity contribution in [2.75, 3.05) is 6.26 Å². The van der Waals surface area contributed by atoms with E-state index in [1.807, 2.05) is 6.26 Å². The maximum absolute atomic E-state index is 11.0. The number of nitrogens with zero attached hydrogens (tertiary/aromatic N) is 2. The fraction of sp³-hybridized carbons (Fsp3) is 0.625. The van der Waals surface area contributed by atoms with Gasteiger partial charge >= 0.3 is 6.03 Å². The first-order chi connectivity index (χ1) is 5.81. The lowest BCUT2D eigenvalue weighted by Gasteiger charge is -2.14. The van der Waals surface area contributed by atoms with Gasteiger partial charge in [-0.1, -0.05) is 0 Å². The minimum atomic E-state index is -0.312. The van der Waals surface area contributed by atoms with Gasteiger partial charge in [-0.2, -0.15) is 4.99 Å². The van der Waals surface area contributed by atoms with E-state index >= 15 is 0 Å². The van der Waals surface area contributed by atoms with Gasteiger partial charge in [-0.25, -0.2) is 9.79 Å². The van der Waals surface area contributed by atoms with E-state index in [4.69, 9.17) is 0 Å². The summed E-state index contributed by atoms with van der Waals surface area (Å²) in [5.74, 6) is 0.373. The predicted octanol–water partition coefficient (Wildman–Crippen LogP) is 2.12. The molecule has 1 atom stereocenters. The van der Waals surface area contributed by atoms with Crippen LogP contribution in [0.4, 0.5) is 4.79 Å². The first-order valence-corrected chi connectivity index (χ1v) is 5.27. The van der Waals surface area contributed by atoms with Crippen LogP contribution < -0.4 is 0 Å². The first kappa shape index (κ1) is 7.98. The molecular weight excluding hydrogens is 172 g/mol. The van der Waals surface area contributed by atoms with Crippen LogP contribution >= 0.6 is 11.8 Å². The third-order valence-electron chi connectivity index (χ3n) is 2.28. The summed E-state index contributed by atoms with van der Waals surface area (Å²) in [7, 11) is 0. The number of rotatable bonds is 0. The Morgan fingerprint density at radius 2 is 2.33 bits per heavy atom. The second-order valence-corrected chi connectivity index (χ2v) is 3.81. The molecule has 2 aliphatic rings. The number of fused-ring (bicyclic) bond motifs is 1. The van der Waals surface area contributed by atoms with E-state index in [0.717, 1.165) is 30.0 Å². The van der Waals surface area contributed by atoms with Crippen molar-refractivity contribution >= 4 is 28.5 Å². The Kier molecular flexibility index (Phi) is 2.00. The molecule has 2 amide bonds. The van der Waals surface area contributed by atoms with Crippen molar-refractivity contribution in [3.8, 4) is 0 Å². The van der Waals surface area contributed by atoms with Gasteiger partial charge in [-0.15, -0.1) is 11.8 Å². The standard InChI is InChI=1S/C8H10N2OS/c1-12-7-5-3-2-4-6(5)9-8(11)10-7/h5H,2-4H2,1H3. The summed E-state index contributed by atoms with van der Waals surface area (Å²) in [5, 5.41) is 0.961. The molecule has 1 saturated carbocycles. The number of carbonyl (C=O) groups excluding carboxylic acids is 1. The van der Waals surface area contributed by atoms with Gasteiger partial charge in [0.2, 0.25) is 0 Å². The molecular formula is C8H10N2OS. The quantitative estimate of drug-likeness (QED) is 0.575. The number of urea groups is 1. The van der Waals surface area contributed by atoms with Crippen LogP contribution in [-0.4, -0.2) is 23.0 Å². The van der Waals surface area contributed by atoms with Crippen LogP contribution in [-0.2, 0) is 0 Å². The highest BCUT2D eigenvalue weighted by molar-refractivity contribution is 8.13. The number of carbonyl (C=O) groups is 1. The SMILES string of the molecule is CSC1=NC(=O)N=C2CCCC21. The lowest BCUT2D eigenvalue weighted by Crippen LogP contribution is -2.21. The van der Waals surface area contributed by atoms with Gasteiger partial charge in [-0.3, -0.25) is 0 Å². The second kappa shape index (κ2) is 3.01. The molecule has 1 aliphatic heterocycles. The van der Waals surface area contributed by atoms with Crippen molar-refractivity contribution in [2.45, 2.75) is 19.3 Å². The molecule has 3 nitrogen and oxygen atoms in total. The maximum atomic E-state index is 11.0. The zero-order valence-corrected chi connectivity index (χ0v) is 7.73. The Labute approximate surface area is 75.4 Å². The van der Waals surface area contributed by atoms with Crippen molar-refractivity contribution < 1.29 is 4.79 Å². The number of aliphatic imine (C=N–C) groups is 2. The van der Waals surface area contributed by atoms with Crippen LogP contribution in [0.2, 0.25) is 0 Å². The molecule has 0 aromatic heterocycles. The molecule has 1 heterocycles. The van der Waals surface area contributed by atoms with Gasteiger partial charge in [-0.05, 0) is 25.5 Å². The Balaban J connectivity index is 2.31. The monoisotopic (exact) mass is 182 g/mol. The summed E-state index contributed by atoms with van der Waals surface area (Å²) < 4.78 is 0. The lowest BCUT2D eigenvalue weighted by molar-refractivity contribution is 0.256. The van der Waals surface area contributed by atoms with Gasteiger partial charge in [0.15, 0.2) is 0 Å². The predicted molar refractivity (Wildman–Crippen MR) is 51.1 cm³/mol. The summed E-state index contributed by atoms with van der Waals surface area (Å²) in [6, 6.07) is -0.312. The summed E-state index contributed by atoms with van der Waals surface area (Å²) in [5.41, 5.74) is 1.05. The van der Waals surface area contributed by atoms with Gasteiger partial charge < -0.3 is 0 Å². The Morgan fingerprint density at radius 3 is 3.08 bits per heavy atom. The van der Waals surface area contributed by atoms with Crippen LogP contribution in [0.25, 0.3) is 0 Å². The van der Waals surface area contributed by atoms with Crippen molar-refractivity contribution in [3.05, 3.63) is 0 Å². The van der Waals surface area contributed by atoms with Crippen molar-refractivity contribution in [1.82, 2.24) is 0 Å². The van der Waals surface area contributed by atoms with Crippen LogP contribution in [0, 0.1) is 5.92 Å². The van der Waals surface area contributed by atoms with E-state index in [2.05, 4.69) is 9.98 Å². The van der Waals surface area contributed by atoms with Crippen LogP contribution in [0.3, 0.4) is 0 Å². The Bertz CT molecular complexity index is 283. The highest BCUT2D eigenvalue weighted by Crippen LogP contribution is 2.30. The highest BCUT2D eigenvalue weighted by atomic mass is 32.2. The number of hydrogen-bond donors (Lipinski definition) is 0. The minimum absolute atomic E-state index is 0.312. The molecule has 2 rings (SSSR count). The van der Waals surface area contributed by atoms with Gasteiger partial charge in [0.05, 0.1) is 5.04 Å². The summed E-state index contributed by atoms with van der Waals surface area (Å²) in [6.45, 7) is 0. The largest absolute Gasteiger partial charge is 0.367 e. The van der Waals surface area contributed by atoms with Crippen LogP contribution in [0.15, 0.2) is 9.98 Å². The molecule has 0 aromatic carbocycles. The van der Waals surface area contributed by atoms with Gasteiger partial charge in [0.1, 0.15) is 0 Å². The van der Waals surface area contributed by atoms with E-state index in [1.165, 1.54) is 0 Å². The van der Waals surface area contributed by atoms with E-state index in [1.54, 1.807) is 11.8 Å². The molecule has 64 valence electrons. The molecule has 0 spiro atoms. The fourth-order valence-electron chi connectivity index (χ4n) is 1.74. The Hall–Kier alpha value is -0.640. The van der Waals surface area contributed by atoms with E-state index in [9.17, 15) is 4.79 Å².